The summed E-state index contributed by atoms with van der Waals surface area (Å²) in [6.07, 6.45) is 5.07. The lowest BCUT2D eigenvalue weighted by atomic mass is 9.97. The number of nitrogens with one attached hydrogen (secondary N) is 2. The van der Waals surface area contributed by atoms with Gasteiger partial charge in [-0.3, -0.25) is 4.79 Å². The summed E-state index contributed by atoms with van der Waals surface area (Å²) in [6, 6.07) is -0.465. The molecule has 1 aromatic rings. The lowest BCUT2D eigenvalue weighted by Gasteiger charge is -2.27. The molecule has 0 saturated carbocycles. The first kappa shape index (κ1) is 15.2. The van der Waals surface area contributed by atoms with Crippen LogP contribution in [0.2, 0.25) is 0 Å². The summed E-state index contributed by atoms with van der Waals surface area (Å²) in [6.45, 7) is 2.05. The van der Waals surface area contributed by atoms with Crippen molar-refractivity contribution >= 4 is 15.7 Å². The smallest absolute Gasteiger partial charge is 0.269 e. The van der Waals surface area contributed by atoms with E-state index in [-0.39, 0.29) is 11.7 Å². The molecule has 0 radical (unpaired) electrons. The number of nitrogens with zero attached hydrogens (tertiary/aromatic N) is 2. The van der Waals surface area contributed by atoms with E-state index in [1.165, 1.54) is 12.3 Å². The first-order chi connectivity index (χ1) is 10.4. The molecule has 0 aliphatic carbocycles. The minimum absolute atomic E-state index is 0.0747. The maximum atomic E-state index is 12.1. The maximum absolute atomic E-state index is 12.1. The number of hydrogen-bond donors (Lipinski definition) is 2. The third kappa shape index (κ3) is 3.38. The van der Waals surface area contributed by atoms with Gasteiger partial charge in [0.25, 0.3) is 5.91 Å². The molecule has 120 valence electrons. The van der Waals surface area contributed by atoms with Crippen molar-refractivity contribution < 1.29 is 13.2 Å². The summed E-state index contributed by atoms with van der Waals surface area (Å²) in [5, 5.41) is 3.84. The number of imidazole rings is 1. The van der Waals surface area contributed by atoms with Gasteiger partial charge in [-0.2, -0.15) is 0 Å². The number of carbonyl (C=O) groups is 1. The third-order valence-electron chi connectivity index (χ3n) is 4.19. The van der Waals surface area contributed by atoms with Crippen LogP contribution >= 0.6 is 0 Å². The van der Waals surface area contributed by atoms with Crippen LogP contribution < -0.4 is 5.32 Å². The second kappa shape index (κ2) is 5.85. The zero-order valence-corrected chi connectivity index (χ0v) is 13.3. The molecule has 0 bridgehead atoms. The molecule has 0 aromatic carbocycles. The van der Waals surface area contributed by atoms with E-state index >= 15 is 0 Å². The Morgan fingerprint density at radius 1 is 1.41 bits per heavy atom. The van der Waals surface area contributed by atoms with Crippen molar-refractivity contribution in [2.75, 3.05) is 25.9 Å². The first-order valence-electron chi connectivity index (χ1n) is 7.38. The van der Waals surface area contributed by atoms with Crippen LogP contribution in [0.5, 0.6) is 0 Å². The van der Waals surface area contributed by atoms with Crippen molar-refractivity contribution in [2.45, 2.75) is 24.8 Å². The van der Waals surface area contributed by atoms with E-state index in [2.05, 4.69) is 27.2 Å². The van der Waals surface area contributed by atoms with Crippen molar-refractivity contribution in [1.29, 1.82) is 0 Å². The van der Waals surface area contributed by atoms with E-state index < -0.39 is 15.9 Å². The topological polar surface area (TPSA) is 95.2 Å². The number of aromatic amines is 1. The van der Waals surface area contributed by atoms with Gasteiger partial charge < -0.3 is 15.2 Å². The number of rotatable bonds is 3. The van der Waals surface area contributed by atoms with E-state index in [1.54, 1.807) is 0 Å². The van der Waals surface area contributed by atoms with E-state index in [1.807, 2.05) is 0 Å². The maximum Gasteiger partial charge on any atom is 0.269 e. The minimum atomic E-state index is -3.17. The van der Waals surface area contributed by atoms with E-state index in [9.17, 15) is 13.2 Å². The number of carbonyl (C=O) groups excluding carboxylic acids is 1. The molecule has 0 spiro atoms. The number of amides is 1. The van der Waals surface area contributed by atoms with Gasteiger partial charge in [0.05, 0.1) is 18.0 Å². The fraction of sp³-hybridized carbons (Fsp3) is 0.571. The Labute approximate surface area is 129 Å². The first-order valence-corrected chi connectivity index (χ1v) is 9.10. The summed E-state index contributed by atoms with van der Waals surface area (Å²) in [4.78, 5) is 21.8. The fourth-order valence-corrected chi connectivity index (χ4v) is 4.09. The quantitative estimate of drug-likeness (QED) is 0.831. The molecule has 22 heavy (non-hydrogen) atoms. The molecule has 8 heteroatoms. The lowest BCUT2D eigenvalue weighted by molar-refractivity contribution is 0.0943. The summed E-state index contributed by atoms with van der Waals surface area (Å²) in [5.41, 5.74) is 0.381. The molecule has 7 nitrogen and oxygen atoms in total. The van der Waals surface area contributed by atoms with Crippen LogP contribution in [-0.2, 0) is 9.84 Å². The monoisotopic (exact) mass is 324 g/mol. The van der Waals surface area contributed by atoms with Gasteiger partial charge in [0.1, 0.15) is 11.5 Å². The number of sulfone groups is 1. The molecule has 2 aliphatic heterocycles. The highest BCUT2D eigenvalue weighted by atomic mass is 32.2. The van der Waals surface area contributed by atoms with Crippen molar-refractivity contribution in [3.8, 4) is 0 Å². The van der Waals surface area contributed by atoms with Gasteiger partial charge in [0.2, 0.25) is 0 Å². The second-order valence-electron chi connectivity index (χ2n) is 6.00. The lowest BCUT2D eigenvalue weighted by Crippen LogP contribution is -2.35. The molecule has 1 unspecified atom stereocenters. The Balaban J connectivity index is 1.61. The Morgan fingerprint density at radius 3 is 2.77 bits per heavy atom. The number of piperidine rings is 1. The zero-order valence-electron chi connectivity index (χ0n) is 12.4. The van der Waals surface area contributed by atoms with Gasteiger partial charge in [0.15, 0.2) is 9.84 Å². The van der Waals surface area contributed by atoms with Gasteiger partial charge in [-0.1, -0.05) is 0 Å². The van der Waals surface area contributed by atoms with Crippen LogP contribution in [0.1, 0.15) is 35.1 Å². The van der Waals surface area contributed by atoms with Crippen LogP contribution in [0, 0.1) is 0 Å². The fourth-order valence-electron chi connectivity index (χ4n) is 2.85. The number of likely N-dealkylation sites (tertiary alicyclic amines) is 1. The summed E-state index contributed by atoms with van der Waals surface area (Å²) < 4.78 is 22.7. The number of H-pyrrole nitrogens is 1. The van der Waals surface area contributed by atoms with Gasteiger partial charge >= 0.3 is 0 Å². The van der Waals surface area contributed by atoms with Crippen LogP contribution in [0.3, 0.4) is 0 Å². The zero-order chi connectivity index (χ0) is 15.7. The molecule has 3 heterocycles. The average molecular weight is 324 g/mol. The standard InChI is InChI=1S/C14H20N4O3S/c1-18-5-2-10(3-6-18)13-15-8-12(17-13)14(19)16-11-4-7-22(20,21)9-11/h4,7-8,10-11H,2-3,5-6,9H2,1H3,(H,15,17)(H,16,19). The highest BCUT2D eigenvalue weighted by Gasteiger charge is 2.25. The average Bonchev–Trinajstić information content (AvgIpc) is 3.06. The molecule has 1 atom stereocenters. The van der Waals surface area contributed by atoms with E-state index in [0.29, 0.717) is 11.6 Å². The van der Waals surface area contributed by atoms with Gasteiger partial charge in [-0.25, -0.2) is 13.4 Å². The molecule has 3 rings (SSSR count). The van der Waals surface area contributed by atoms with Crippen LogP contribution in [0.15, 0.2) is 17.7 Å². The van der Waals surface area contributed by atoms with Crippen molar-refractivity contribution in [3.05, 3.63) is 29.2 Å². The van der Waals surface area contributed by atoms with Gasteiger partial charge in [-0.15, -0.1) is 0 Å². The largest absolute Gasteiger partial charge is 0.343 e. The normalized spacial score (nSPS) is 25.4. The van der Waals surface area contributed by atoms with E-state index in [4.69, 9.17) is 0 Å². The van der Waals surface area contributed by atoms with Gasteiger partial charge in [-0.05, 0) is 39.1 Å². The minimum Gasteiger partial charge on any atom is -0.343 e. The Hall–Kier alpha value is -1.67. The molecule has 2 aliphatic rings. The molecular weight excluding hydrogens is 304 g/mol. The van der Waals surface area contributed by atoms with Crippen LogP contribution in [0.4, 0.5) is 0 Å². The molecule has 1 saturated heterocycles. The molecular formula is C14H20N4O3S. The molecule has 1 fully saturated rings. The summed E-state index contributed by atoms with van der Waals surface area (Å²) in [5.74, 6) is 0.796. The highest BCUT2D eigenvalue weighted by Crippen LogP contribution is 2.25. The predicted molar refractivity (Wildman–Crippen MR) is 82.2 cm³/mol. The Morgan fingerprint density at radius 2 is 2.14 bits per heavy atom. The number of aromatic nitrogens is 2. The van der Waals surface area contributed by atoms with Gasteiger partial charge in [0, 0.05) is 11.3 Å². The third-order valence-corrected chi connectivity index (χ3v) is 5.59. The van der Waals surface area contributed by atoms with Crippen molar-refractivity contribution in [1.82, 2.24) is 20.2 Å². The highest BCUT2D eigenvalue weighted by molar-refractivity contribution is 7.94. The van der Waals surface area contributed by atoms with E-state index in [0.717, 1.165) is 37.2 Å². The second-order valence-corrected chi connectivity index (χ2v) is 7.93. The van der Waals surface area contributed by atoms with Crippen molar-refractivity contribution in [3.63, 3.8) is 0 Å². The molecule has 1 aromatic heterocycles. The number of hydrogen-bond acceptors (Lipinski definition) is 5. The SMILES string of the molecule is CN1CCC(c2ncc(C(=O)NC3C=CS(=O)(=O)C3)[nH]2)CC1. The predicted octanol–water partition coefficient (Wildman–Crippen LogP) is 0.259. The summed E-state index contributed by atoms with van der Waals surface area (Å²) in [7, 11) is -1.07. The Kier molecular flexibility index (Phi) is 4.05. The molecule has 2 N–H and O–H groups in total. The van der Waals surface area contributed by atoms with Crippen LogP contribution in [0.25, 0.3) is 0 Å². The molecule has 1 amide bonds. The Bertz CT molecular complexity index is 687. The van der Waals surface area contributed by atoms with Crippen molar-refractivity contribution in [2.24, 2.45) is 0 Å². The summed E-state index contributed by atoms with van der Waals surface area (Å²) >= 11 is 0. The van der Waals surface area contributed by atoms with Crippen LogP contribution in [-0.4, -0.2) is 61.1 Å².